The van der Waals surface area contributed by atoms with E-state index in [4.69, 9.17) is 22.1 Å². The highest BCUT2D eigenvalue weighted by atomic mass is 35.5. The molecule has 0 unspecified atom stereocenters. The van der Waals surface area contributed by atoms with Crippen LogP contribution < -0.4 is 15.2 Å². The van der Waals surface area contributed by atoms with E-state index in [1.54, 1.807) is 0 Å². The summed E-state index contributed by atoms with van der Waals surface area (Å²) in [4.78, 5) is 11.4. The SMILES string of the molecule is NC(=O)c1c(Oc2ccc(OC(F)(F)F)cc2)cc(C(F)(F)F)c(Cl)c1F. The maximum atomic E-state index is 14.1. The van der Waals surface area contributed by atoms with E-state index >= 15 is 0 Å². The molecule has 2 rings (SSSR count). The van der Waals surface area contributed by atoms with Crippen molar-refractivity contribution in [3.63, 3.8) is 0 Å². The Kier molecular flexibility index (Phi) is 5.45. The predicted molar refractivity (Wildman–Crippen MR) is 78.1 cm³/mol. The molecule has 0 radical (unpaired) electrons. The van der Waals surface area contributed by atoms with Gasteiger partial charge in [0, 0.05) is 0 Å². The van der Waals surface area contributed by atoms with Gasteiger partial charge in [-0.2, -0.15) is 13.2 Å². The second kappa shape index (κ2) is 7.14. The molecule has 0 aliphatic carbocycles. The molecule has 0 bridgehead atoms. The van der Waals surface area contributed by atoms with Gasteiger partial charge in [0.15, 0.2) is 5.82 Å². The molecule has 1 amide bonds. The molecule has 0 heterocycles. The highest BCUT2D eigenvalue weighted by molar-refractivity contribution is 6.32. The monoisotopic (exact) mass is 417 g/mol. The first-order valence-electron chi connectivity index (χ1n) is 6.72. The molecular weight excluding hydrogens is 411 g/mol. The molecule has 0 saturated carbocycles. The molecule has 0 aliphatic heterocycles. The number of amides is 1. The first-order valence-corrected chi connectivity index (χ1v) is 7.10. The van der Waals surface area contributed by atoms with E-state index in [1.807, 2.05) is 0 Å². The lowest BCUT2D eigenvalue weighted by Gasteiger charge is -2.16. The number of halogens is 8. The van der Waals surface area contributed by atoms with Crippen LogP contribution >= 0.6 is 11.6 Å². The van der Waals surface area contributed by atoms with Crippen molar-refractivity contribution < 1.29 is 45.0 Å². The van der Waals surface area contributed by atoms with Crippen molar-refractivity contribution in [3.05, 3.63) is 52.3 Å². The molecule has 146 valence electrons. The third-order valence-corrected chi connectivity index (χ3v) is 3.38. The van der Waals surface area contributed by atoms with Crippen molar-refractivity contribution in [2.75, 3.05) is 0 Å². The second-order valence-corrected chi connectivity index (χ2v) is 5.29. The summed E-state index contributed by atoms with van der Waals surface area (Å²) in [6.07, 6.45) is -10.0. The van der Waals surface area contributed by atoms with Gasteiger partial charge in [0.25, 0.3) is 5.91 Å². The lowest BCUT2D eigenvalue weighted by atomic mass is 10.1. The second-order valence-electron chi connectivity index (χ2n) is 4.91. The van der Waals surface area contributed by atoms with Gasteiger partial charge >= 0.3 is 12.5 Å². The van der Waals surface area contributed by atoms with Crippen LogP contribution in [-0.2, 0) is 6.18 Å². The molecule has 2 aromatic rings. The van der Waals surface area contributed by atoms with Gasteiger partial charge in [0.05, 0.1) is 10.6 Å². The number of alkyl halides is 6. The van der Waals surface area contributed by atoms with Crippen molar-refractivity contribution in [3.8, 4) is 17.2 Å². The first-order chi connectivity index (χ1) is 12.3. The van der Waals surface area contributed by atoms with Crippen LogP contribution in [-0.4, -0.2) is 12.3 Å². The maximum Gasteiger partial charge on any atom is 0.573 e. The lowest BCUT2D eigenvalue weighted by molar-refractivity contribution is -0.274. The van der Waals surface area contributed by atoms with Gasteiger partial charge in [-0.25, -0.2) is 4.39 Å². The van der Waals surface area contributed by atoms with Crippen molar-refractivity contribution in [1.29, 1.82) is 0 Å². The number of hydrogen-bond donors (Lipinski definition) is 1. The Balaban J connectivity index is 2.45. The largest absolute Gasteiger partial charge is 0.573 e. The maximum absolute atomic E-state index is 14.1. The van der Waals surface area contributed by atoms with Crippen LogP contribution in [0.1, 0.15) is 15.9 Å². The number of carbonyl (C=O) groups excluding carboxylic acids is 1. The number of hydrogen-bond acceptors (Lipinski definition) is 3. The minimum atomic E-state index is -5.07. The van der Waals surface area contributed by atoms with Crippen LogP contribution in [0.2, 0.25) is 5.02 Å². The van der Waals surface area contributed by atoms with E-state index < -0.39 is 51.9 Å². The van der Waals surface area contributed by atoms with Crippen LogP contribution in [0.15, 0.2) is 30.3 Å². The quantitative estimate of drug-likeness (QED) is 0.688. The minimum Gasteiger partial charge on any atom is -0.456 e. The Bertz CT molecular complexity index is 864. The predicted octanol–water partition coefficient (Wildman–Crippen LogP) is 5.29. The first kappa shape index (κ1) is 20.6. The fourth-order valence-electron chi connectivity index (χ4n) is 1.96. The standard InChI is InChI=1S/C15H7ClF7NO3/c16-11-8(14(18,19)20)5-9(10(12(11)17)13(24)25)26-6-1-3-7(4-2-6)27-15(21,22)23/h1-5H,(H2,24,25). The van der Waals surface area contributed by atoms with E-state index in [-0.39, 0.29) is 11.8 Å². The van der Waals surface area contributed by atoms with Crippen molar-refractivity contribution >= 4 is 17.5 Å². The van der Waals surface area contributed by atoms with Crippen LogP contribution in [0.25, 0.3) is 0 Å². The van der Waals surface area contributed by atoms with Gasteiger partial charge in [0.2, 0.25) is 0 Å². The number of ether oxygens (including phenoxy) is 2. The molecular formula is C15H7ClF7NO3. The molecule has 0 atom stereocenters. The summed E-state index contributed by atoms with van der Waals surface area (Å²) in [5.74, 6) is -5.08. The van der Waals surface area contributed by atoms with Gasteiger partial charge < -0.3 is 15.2 Å². The summed E-state index contributed by atoms with van der Waals surface area (Å²) < 4.78 is 97.8. The molecule has 0 saturated heterocycles. The van der Waals surface area contributed by atoms with E-state index in [9.17, 15) is 35.5 Å². The van der Waals surface area contributed by atoms with E-state index in [0.717, 1.165) is 24.3 Å². The number of rotatable bonds is 4. The highest BCUT2D eigenvalue weighted by Crippen LogP contribution is 2.41. The third kappa shape index (κ3) is 4.94. The van der Waals surface area contributed by atoms with Crippen molar-refractivity contribution in [1.82, 2.24) is 0 Å². The van der Waals surface area contributed by atoms with Gasteiger partial charge in [0.1, 0.15) is 22.8 Å². The van der Waals surface area contributed by atoms with Crippen molar-refractivity contribution in [2.45, 2.75) is 12.5 Å². The number of carbonyl (C=O) groups is 1. The zero-order valence-electron chi connectivity index (χ0n) is 12.7. The van der Waals surface area contributed by atoms with Crippen LogP contribution in [0.5, 0.6) is 17.2 Å². The summed E-state index contributed by atoms with van der Waals surface area (Å²) in [6, 6.07) is 3.64. The Morgan fingerprint density at radius 2 is 1.52 bits per heavy atom. The van der Waals surface area contributed by atoms with Gasteiger partial charge in [-0.15, -0.1) is 13.2 Å². The Hall–Kier alpha value is -2.69. The smallest absolute Gasteiger partial charge is 0.456 e. The van der Waals surface area contributed by atoms with Crippen LogP contribution in [0, 0.1) is 5.82 Å². The van der Waals surface area contributed by atoms with Gasteiger partial charge in [-0.05, 0) is 30.3 Å². The fraction of sp³-hybridized carbons (Fsp3) is 0.133. The normalized spacial score (nSPS) is 12.0. The number of nitrogens with two attached hydrogens (primary N) is 1. The molecule has 0 aliphatic rings. The van der Waals surface area contributed by atoms with Crippen LogP contribution in [0.4, 0.5) is 30.7 Å². The third-order valence-electron chi connectivity index (χ3n) is 3.01. The topological polar surface area (TPSA) is 61.6 Å². The van der Waals surface area contributed by atoms with E-state index in [0.29, 0.717) is 0 Å². The molecule has 0 spiro atoms. The lowest BCUT2D eigenvalue weighted by Crippen LogP contribution is -2.17. The molecule has 2 aromatic carbocycles. The molecule has 0 fully saturated rings. The summed E-state index contributed by atoms with van der Waals surface area (Å²) in [7, 11) is 0. The average molecular weight is 418 g/mol. The number of benzene rings is 2. The van der Waals surface area contributed by atoms with Crippen molar-refractivity contribution in [2.24, 2.45) is 5.73 Å². The minimum absolute atomic E-state index is 0.256. The average Bonchev–Trinajstić information content (AvgIpc) is 2.49. The summed E-state index contributed by atoms with van der Waals surface area (Å²) in [5, 5.41) is -1.38. The molecule has 4 nitrogen and oxygen atoms in total. The van der Waals surface area contributed by atoms with Gasteiger partial charge in [-0.1, -0.05) is 11.6 Å². The number of primary amides is 1. The summed E-state index contributed by atoms with van der Waals surface area (Å²) >= 11 is 5.30. The zero-order chi connectivity index (χ0) is 20.6. The summed E-state index contributed by atoms with van der Waals surface area (Å²) in [6.45, 7) is 0. The van der Waals surface area contributed by atoms with E-state index in [2.05, 4.69) is 4.74 Å². The Morgan fingerprint density at radius 3 is 1.96 bits per heavy atom. The highest BCUT2D eigenvalue weighted by Gasteiger charge is 2.37. The molecule has 0 aromatic heterocycles. The molecule has 12 heteroatoms. The molecule has 27 heavy (non-hydrogen) atoms. The van der Waals surface area contributed by atoms with E-state index in [1.165, 1.54) is 0 Å². The molecule has 2 N–H and O–H groups in total. The Morgan fingerprint density at radius 1 is 1.00 bits per heavy atom. The zero-order valence-corrected chi connectivity index (χ0v) is 13.5. The Labute approximate surface area is 151 Å². The van der Waals surface area contributed by atoms with Crippen LogP contribution in [0.3, 0.4) is 0 Å². The summed E-state index contributed by atoms with van der Waals surface area (Å²) in [5.41, 5.74) is 2.27. The fourth-order valence-corrected chi connectivity index (χ4v) is 2.21. The van der Waals surface area contributed by atoms with Gasteiger partial charge in [-0.3, -0.25) is 4.79 Å².